The van der Waals surface area contributed by atoms with Gasteiger partial charge in [-0.15, -0.1) is 0 Å². The molecule has 0 aromatic rings. The molecule has 1 aliphatic carbocycles. The van der Waals surface area contributed by atoms with Crippen molar-refractivity contribution in [3.8, 4) is 0 Å². The van der Waals surface area contributed by atoms with E-state index in [1.165, 1.54) is 7.11 Å². The Balaban J connectivity index is 2.49. The lowest BCUT2D eigenvalue weighted by molar-refractivity contribution is -0.142. The number of hydrogen-bond acceptors (Lipinski definition) is 4. The number of carbonyl (C=O) groups excluding carboxylic acids is 2. The molecule has 0 saturated heterocycles. The molecule has 1 aliphatic rings. The number of hydrogen-bond donors (Lipinski definition) is 2. The average Bonchev–Trinajstić information content (AvgIpc) is 2.24. The summed E-state index contributed by atoms with van der Waals surface area (Å²) < 4.78 is 4.46. The van der Waals surface area contributed by atoms with E-state index < -0.39 is 11.5 Å². The maximum atomic E-state index is 11.8. The van der Waals surface area contributed by atoms with Crippen molar-refractivity contribution < 1.29 is 14.3 Å². The van der Waals surface area contributed by atoms with Gasteiger partial charge in [0.15, 0.2) is 0 Å². The predicted octanol–water partition coefficient (Wildman–Crippen LogP) is 0.183. The number of rotatable bonds is 3. The van der Waals surface area contributed by atoms with Gasteiger partial charge in [0.1, 0.15) is 6.54 Å². The van der Waals surface area contributed by atoms with Gasteiger partial charge in [-0.3, -0.25) is 9.59 Å². The quantitative estimate of drug-likeness (QED) is 0.675. The molecule has 5 nitrogen and oxygen atoms in total. The van der Waals surface area contributed by atoms with E-state index >= 15 is 0 Å². The fourth-order valence-electron chi connectivity index (χ4n) is 2.14. The van der Waals surface area contributed by atoms with Crippen molar-refractivity contribution in [3.05, 3.63) is 0 Å². The number of nitrogens with two attached hydrogens (primary N) is 1. The van der Waals surface area contributed by atoms with Crippen LogP contribution in [0.3, 0.4) is 0 Å². The minimum absolute atomic E-state index is 0.0814. The lowest BCUT2D eigenvalue weighted by atomic mass is 9.74. The van der Waals surface area contributed by atoms with Crippen LogP contribution in [-0.4, -0.2) is 31.1 Å². The normalized spacial score (nSPS) is 29.6. The molecular formula is C11H20N2O3. The zero-order chi connectivity index (χ0) is 12.2. The van der Waals surface area contributed by atoms with Gasteiger partial charge in [-0.2, -0.15) is 0 Å². The molecule has 2 unspecified atom stereocenters. The lowest BCUT2D eigenvalue weighted by Crippen LogP contribution is -2.53. The fraction of sp³-hybridized carbons (Fsp3) is 0.818. The van der Waals surface area contributed by atoms with E-state index in [-0.39, 0.29) is 18.4 Å². The van der Waals surface area contributed by atoms with Gasteiger partial charge < -0.3 is 15.8 Å². The van der Waals surface area contributed by atoms with Crippen LogP contribution in [0.1, 0.15) is 32.6 Å². The zero-order valence-corrected chi connectivity index (χ0v) is 9.91. The Bertz CT molecular complexity index is 276. The molecule has 3 N–H and O–H groups in total. The lowest BCUT2D eigenvalue weighted by Gasteiger charge is -2.37. The average molecular weight is 228 g/mol. The topological polar surface area (TPSA) is 81.4 Å². The van der Waals surface area contributed by atoms with Crippen molar-refractivity contribution in [2.24, 2.45) is 11.7 Å². The van der Waals surface area contributed by atoms with Crippen molar-refractivity contribution in [1.29, 1.82) is 0 Å². The van der Waals surface area contributed by atoms with Gasteiger partial charge in [-0.1, -0.05) is 12.8 Å². The molecule has 0 spiro atoms. The van der Waals surface area contributed by atoms with E-state index in [4.69, 9.17) is 5.73 Å². The van der Waals surface area contributed by atoms with Gasteiger partial charge in [0.25, 0.3) is 0 Å². The molecule has 92 valence electrons. The third-order valence-corrected chi connectivity index (χ3v) is 3.21. The molecule has 0 aromatic heterocycles. The fourth-order valence-corrected chi connectivity index (χ4v) is 2.14. The molecule has 1 rings (SSSR count). The van der Waals surface area contributed by atoms with Crippen LogP contribution in [0.15, 0.2) is 0 Å². The Morgan fingerprint density at radius 3 is 2.75 bits per heavy atom. The number of nitrogens with one attached hydrogen (secondary N) is 1. The molecule has 0 aliphatic heterocycles. The molecule has 5 heteroatoms. The molecule has 1 fully saturated rings. The number of esters is 1. The summed E-state index contributed by atoms with van der Waals surface area (Å²) in [6.45, 7) is 1.82. The van der Waals surface area contributed by atoms with E-state index in [9.17, 15) is 9.59 Å². The molecule has 0 radical (unpaired) electrons. The molecule has 16 heavy (non-hydrogen) atoms. The first kappa shape index (κ1) is 13.0. The standard InChI is InChI=1S/C11H20N2O3/c1-11(12)6-4-3-5-8(11)10(15)13-7-9(14)16-2/h8H,3-7,12H2,1-2H3,(H,13,15). The highest BCUT2D eigenvalue weighted by Gasteiger charge is 2.37. The summed E-state index contributed by atoms with van der Waals surface area (Å²) in [5.74, 6) is -0.788. The Hall–Kier alpha value is -1.10. The van der Waals surface area contributed by atoms with Crippen LogP contribution in [0, 0.1) is 5.92 Å². The van der Waals surface area contributed by atoms with Crippen LogP contribution in [0.2, 0.25) is 0 Å². The van der Waals surface area contributed by atoms with Crippen molar-refractivity contribution in [2.75, 3.05) is 13.7 Å². The second-order valence-electron chi connectivity index (χ2n) is 4.60. The Labute approximate surface area is 95.7 Å². The smallest absolute Gasteiger partial charge is 0.325 e. The van der Waals surface area contributed by atoms with Gasteiger partial charge in [0.2, 0.25) is 5.91 Å². The molecule has 1 amide bonds. The van der Waals surface area contributed by atoms with Gasteiger partial charge in [0.05, 0.1) is 13.0 Å². The summed E-state index contributed by atoms with van der Waals surface area (Å²) in [5.41, 5.74) is 5.62. The van der Waals surface area contributed by atoms with Crippen LogP contribution in [0.5, 0.6) is 0 Å². The first-order chi connectivity index (χ1) is 7.47. The monoisotopic (exact) mass is 228 g/mol. The minimum Gasteiger partial charge on any atom is -0.468 e. The highest BCUT2D eigenvalue weighted by Crippen LogP contribution is 2.31. The van der Waals surface area contributed by atoms with E-state index in [0.29, 0.717) is 0 Å². The second-order valence-corrected chi connectivity index (χ2v) is 4.60. The molecular weight excluding hydrogens is 208 g/mol. The van der Waals surface area contributed by atoms with Crippen LogP contribution in [0.25, 0.3) is 0 Å². The number of amides is 1. The SMILES string of the molecule is COC(=O)CNC(=O)C1CCCCC1(C)N. The summed E-state index contributed by atoms with van der Waals surface area (Å²) in [5, 5.41) is 2.57. The summed E-state index contributed by atoms with van der Waals surface area (Å²) in [7, 11) is 1.29. The Kier molecular flexibility index (Phi) is 4.29. The Morgan fingerprint density at radius 2 is 2.19 bits per heavy atom. The second kappa shape index (κ2) is 5.30. The van der Waals surface area contributed by atoms with E-state index in [1.807, 2.05) is 6.92 Å². The zero-order valence-electron chi connectivity index (χ0n) is 9.91. The molecule has 1 saturated carbocycles. The maximum absolute atomic E-state index is 11.8. The molecule has 0 heterocycles. The summed E-state index contributed by atoms with van der Waals surface area (Å²) in [6, 6.07) is 0. The summed E-state index contributed by atoms with van der Waals surface area (Å²) in [6.07, 6.45) is 3.72. The van der Waals surface area contributed by atoms with Crippen molar-refractivity contribution in [1.82, 2.24) is 5.32 Å². The molecule has 0 aromatic carbocycles. The summed E-state index contributed by atoms with van der Waals surface area (Å²) in [4.78, 5) is 22.7. The van der Waals surface area contributed by atoms with E-state index in [2.05, 4.69) is 10.1 Å². The van der Waals surface area contributed by atoms with Crippen molar-refractivity contribution in [3.63, 3.8) is 0 Å². The first-order valence-corrected chi connectivity index (χ1v) is 5.61. The Morgan fingerprint density at radius 1 is 1.50 bits per heavy atom. The van der Waals surface area contributed by atoms with Crippen LogP contribution >= 0.6 is 0 Å². The largest absolute Gasteiger partial charge is 0.468 e. The van der Waals surface area contributed by atoms with E-state index in [0.717, 1.165) is 25.7 Å². The number of ether oxygens (including phenoxy) is 1. The highest BCUT2D eigenvalue weighted by molar-refractivity contribution is 5.84. The molecule has 0 bridgehead atoms. The summed E-state index contributed by atoms with van der Waals surface area (Å²) >= 11 is 0. The van der Waals surface area contributed by atoms with Gasteiger partial charge in [-0.05, 0) is 19.8 Å². The van der Waals surface area contributed by atoms with Gasteiger partial charge in [0, 0.05) is 5.54 Å². The minimum atomic E-state index is -0.460. The highest BCUT2D eigenvalue weighted by atomic mass is 16.5. The predicted molar refractivity (Wildman–Crippen MR) is 59.6 cm³/mol. The maximum Gasteiger partial charge on any atom is 0.325 e. The van der Waals surface area contributed by atoms with Gasteiger partial charge in [-0.25, -0.2) is 0 Å². The van der Waals surface area contributed by atoms with Crippen LogP contribution in [-0.2, 0) is 14.3 Å². The first-order valence-electron chi connectivity index (χ1n) is 5.61. The third-order valence-electron chi connectivity index (χ3n) is 3.21. The van der Waals surface area contributed by atoms with Crippen molar-refractivity contribution in [2.45, 2.75) is 38.1 Å². The number of carbonyl (C=O) groups is 2. The third kappa shape index (κ3) is 3.20. The van der Waals surface area contributed by atoms with Crippen LogP contribution in [0.4, 0.5) is 0 Å². The number of methoxy groups -OCH3 is 1. The van der Waals surface area contributed by atoms with E-state index in [1.54, 1.807) is 0 Å². The van der Waals surface area contributed by atoms with Crippen molar-refractivity contribution >= 4 is 11.9 Å². The van der Waals surface area contributed by atoms with Gasteiger partial charge >= 0.3 is 5.97 Å². The van der Waals surface area contributed by atoms with Crippen LogP contribution < -0.4 is 11.1 Å². The molecule has 2 atom stereocenters.